The summed E-state index contributed by atoms with van der Waals surface area (Å²) in [6, 6.07) is 9.64. The van der Waals surface area contributed by atoms with Crippen LogP contribution in [0.3, 0.4) is 0 Å². The average molecular weight is 457 g/mol. The number of hydrogen-bond donors (Lipinski definition) is 2. The molecule has 0 fully saturated rings. The Hall–Kier alpha value is -2.42. The molecule has 0 aliphatic heterocycles. The van der Waals surface area contributed by atoms with Crippen LogP contribution in [-0.2, 0) is 0 Å². The van der Waals surface area contributed by atoms with E-state index >= 15 is 0 Å². The summed E-state index contributed by atoms with van der Waals surface area (Å²) in [6.07, 6.45) is 0. The van der Waals surface area contributed by atoms with Gasteiger partial charge in [0.2, 0.25) is 0 Å². The minimum Gasteiger partial charge on any atom is -0.497 e. The summed E-state index contributed by atoms with van der Waals surface area (Å²) in [5, 5.41) is 8.13. The fraction of sp³-hybridized carbons (Fsp3) is 0.348. The van der Waals surface area contributed by atoms with Crippen LogP contribution in [0.2, 0.25) is 0 Å². The normalized spacial score (nSPS) is 12.0. The molecular formula is C23H28N4O2S2. The van der Waals surface area contributed by atoms with Gasteiger partial charge in [-0.1, -0.05) is 25.3 Å². The second-order valence-corrected chi connectivity index (χ2v) is 9.23. The lowest BCUT2D eigenvalue weighted by atomic mass is 10.1. The van der Waals surface area contributed by atoms with Gasteiger partial charge in [0.15, 0.2) is 5.78 Å². The van der Waals surface area contributed by atoms with Gasteiger partial charge in [0.05, 0.1) is 23.3 Å². The van der Waals surface area contributed by atoms with Crippen molar-refractivity contribution in [3.8, 4) is 5.75 Å². The van der Waals surface area contributed by atoms with Crippen LogP contribution in [-0.4, -0.2) is 48.8 Å². The number of aromatic nitrogens is 2. The number of benzene rings is 1. The fourth-order valence-electron chi connectivity index (χ4n) is 3.04. The van der Waals surface area contributed by atoms with Crippen molar-refractivity contribution in [3.63, 3.8) is 0 Å². The number of fused-ring (bicyclic) bond motifs is 1. The maximum absolute atomic E-state index is 12.9. The van der Waals surface area contributed by atoms with E-state index < -0.39 is 0 Å². The molecule has 0 aliphatic rings. The van der Waals surface area contributed by atoms with Crippen LogP contribution in [0.4, 0.5) is 0 Å². The summed E-state index contributed by atoms with van der Waals surface area (Å²) >= 11 is 2.97. The van der Waals surface area contributed by atoms with Crippen molar-refractivity contribution in [2.75, 3.05) is 33.0 Å². The number of nitrogens with zero attached hydrogens (tertiary/aromatic N) is 2. The number of carbonyl (C=O) groups is 1. The number of aryl methyl sites for hydroxylation is 1. The molecule has 6 nitrogen and oxygen atoms in total. The highest BCUT2D eigenvalue weighted by molar-refractivity contribution is 8.00. The van der Waals surface area contributed by atoms with Crippen molar-refractivity contribution in [1.29, 1.82) is 0 Å². The van der Waals surface area contributed by atoms with Gasteiger partial charge in [-0.25, -0.2) is 9.97 Å². The third-order valence-electron chi connectivity index (χ3n) is 4.90. The van der Waals surface area contributed by atoms with Crippen molar-refractivity contribution in [3.05, 3.63) is 58.2 Å². The van der Waals surface area contributed by atoms with Gasteiger partial charge in [-0.15, -0.1) is 11.3 Å². The maximum atomic E-state index is 12.9. The quantitative estimate of drug-likeness (QED) is 0.192. The van der Waals surface area contributed by atoms with Gasteiger partial charge in [0.25, 0.3) is 0 Å². The first-order valence-corrected chi connectivity index (χ1v) is 11.9. The molecule has 164 valence electrons. The first-order chi connectivity index (χ1) is 14.9. The van der Waals surface area contributed by atoms with E-state index in [1.807, 2.05) is 44.3 Å². The van der Waals surface area contributed by atoms with E-state index in [-0.39, 0.29) is 11.7 Å². The number of allylic oxidation sites excluding steroid dienone is 1. The number of ether oxygens (including phenoxy) is 1. The van der Waals surface area contributed by atoms with Crippen LogP contribution in [0.25, 0.3) is 10.9 Å². The number of methoxy groups -OCH3 is 1. The summed E-state index contributed by atoms with van der Waals surface area (Å²) in [4.78, 5) is 23.8. The molecule has 8 heteroatoms. The van der Waals surface area contributed by atoms with E-state index in [1.165, 1.54) is 23.1 Å². The average Bonchev–Trinajstić information content (AvgIpc) is 3.26. The number of likely N-dealkylation sites (N-methyl/N-ethyl adjacent to an activating group) is 1. The molecule has 0 spiro atoms. The minimum atomic E-state index is 0.0921. The number of nitrogens with one attached hydrogen (secondary N) is 2. The lowest BCUT2D eigenvalue weighted by Crippen LogP contribution is -2.25. The maximum Gasteiger partial charge on any atom is 0.183 e. The van der Waals surface area contributed by atoms with Crippen LogP contribution in [0.15, 0.2) is 47.6 Å². The molecule has 31 heavy (non-hydrogen) atoms. The monoisotopic (exact) mass is 456 g/mol. The van der Waals surface area contributed by atoms with Crippen LogP contribution in [0.5, 0.6) is 5.75 Å². The van der Waals surface area contributed by atoms with Gasteiger partial charge in [-0.2, -0.15) is 0 Å². The highest BCUT2D eigenvalue weighted by Gasteiger charge is 2.17. The number of carbonyl (C=O) groups excluding carboxylic acids is 1. The molecule has 3 aromatic rings. The van der Waals surface area contributed by atoms with E-state index in [0.29, 0.717) is 11.6 Å². The fourth-order valence-corrected chi connectivity index (χ4v) is 5.10. The second-order valence-electron chi connectivity index (χ2n) is 7.15. The predicted molar refractivity (Wildman–Crippen MR) is 130 cm³/mol. The molecule has 0 bridgehead atoms. The van der Waals surface area contributed by atoms with Gasteiger partial charge in [0, 0.05) is 35.0 Å². The first kappa shape index (κ1) is 23.2. The molecule has 1 aromatic carbocycles. The molecule has 2 aromatic heterocycles. The topological polar surface area (TPSA) is 76.1 Å². The zero-order valence-corrected chi connectivity index (χ0v) is 20.0. The summed E-state index contributed by atoms with van der Waals surface area (Å²) in [5.74, 6) is 1.99. The summed E-state index contributed by atoms with van der Waals surface area (Å²) in [7, 11) is 3.55. The van der Waals surface area contributed by atoms with Crippen LogP contribution >= 0.6 is 23.1 Å². The van der Waals surface area contributed by atoms with Crippen LogP contribution in [0.1, 0.15) is 33.2 Å². The standard InChI is InChI=1S/C23H28N4O2S2/c1-14(15(2)25-11-10-24-4)21-8-9-22(31-21)20(28)13-30-23-18-12-17(29-5)6-7-19(18)26-16(3)27-23/h6-9,12,14,24-25H,2,10-11,13H2,1,3-5H3/t14-/m1/s1. The molecule has 2 heterocycles. The molecule has 0 saturated heterocycles. The van der Waals surface area contributed by atoms with E-state index in [2.05, 4.69) is 34.1 Å². The molecular weight excluding hydrogens is 428 g/mol. The zero-order chi connectivity index (χ0) is 22.4. The Bertz CT molecular complexity index is 1080. The van der Waals surface area contributed by atoms with Crippen molar-refractivity contribution in [1.82, 2.24) is 20.6 Å². The van der Waals surface area contributed by atoms with Gasteiger partial charge < -0.3 is 15.4 Å². The molecule has 3 rings (SSSR count). The van der Waals surface area contributed by atoms with E-state index in [1.54, 1.807) is 7.11 Å². The van der Waals surface area contributed by atoms with E-state index in [0.717, 1.165) is 50.2 Å². The van der Waals surface area contributed by atoms with Gasteiger partial charge in [0.1, 0.15) is 16.6 Å². The number of thiophene rings is 1. The summed E-state index contributed by atoms with van der Waals surface area (Å²) in [5.41, 5.74) is 1.81. The summed E-state index contributed by atoms with van der Waals surface area (Å²) < 4.78 is 5.33. The van der Waals surface area contributed by atoms with E-state index in [9.17, 15) is 4.79 Å². The Morgan fingerprint density at radius 2 is 2.06 bits per heavy atom. The SMILES string of the molecule is C=C(NCCNC)[C@@H](C)c1ccc(C(=O)CSc2nc(C)nc3ccc(OC)cc23)s1. The molecule has 0 saturated carbocycles. The molecule has 0 aliphatic carbocycles. The Morgan fingerprint density at radius 1 is 1.26 bits per heavy atom. The number of ketones is 1. The lowest BCUT2D eigenvalue weighted by molar-refractivity contribution is 0.102. The third kappa shape index (κ3) is 5.84. The molecule has 1 atom stereocenters. The van der Waals surface area contributed by atoms with Crippen molar-refractivity contribution in [2.24, 2.45) is 0 Å². The number of rotatable bonds is 11. The lowest BCUT2D eigenvalue weighted by Gasteiger charge is -2.15. The first-order valence-electron chi connectivity index (χ1n) is 10.1. The van der Waals surface area contributed by atoms with Crippen molar-refractivity contribution >= 4 is 39.8 Å². The zero-order valence-electron chi connectivity index (χ0n) is 18.3. The second kappa shape index (κ2) is 10.7. The highest BCUT2D eigenvalue weighted by atomic mass is 32.2. The number of thioether (sulfide) groups is 1. The smallest absolute Gasteiger partial charge is 0.183 e. The Balaban J connectivity index is 1.69. The summed E-state index contributed by atoms with van der Waals surface area (Å²) in [6.45, 7) is 9.80. The number of Topliss-reactive ketones (excluding diaryl/α,β-unsaturated/α-hetero) is 1. The largest absolute Gasteiger partial charge is 0.497 e. The Kier molecular flexibility index (Phi) is 8.06. The van der Waals surface area contributed by atoms with Gasteiger partial charge >= 0.3 is 0 Å². The van der Waals surface area contributed by atoms with Gasteiger partial charge in [-0.3, -0.25) is 4.79 Å². The highest BCUT2D eigenvalue weighted by Crippen LogP contribution is 2.32. The third-order valence-corrected chi connectivity index (χ3v) is 7.20. The van der Waals surface area contributed by atoms with Crippen molar-refractivity contribution < 1.29 is 9.53 Å². The van der Waals surface area contributed by atoms with Crippen molar-refractivity contribution in [2.45, 2.75) is 24.8 Å². The predicted octanol–water partition coefficient (Wildman–Crippen LogP) is 4.41. The molecule has 2 N–H and O–H groups in total. The number of hydrogen-bond acceptors (Lipinski definition) is 8. The Labute approximate surface area is 191 Å². The molecule has 0 unspecified atom stereocenters. The van der Waals surface area contributed by atoms with Crippen LogP contribution in [0, 0.1) is 6.92 Å². The molecule has 0 amide bonds. The van der Waals surface area contributed by atoms with Crippen LogP contribution < -0.4 is 15.4 Å². The molecule has 0 radical (unpaired) electrons. The van der Waals surface area contributed by atoms with Gasteiger partial charge in [-0.05, 0) is 44.3 Å². The van der Waals surface area contributed by atoms with E-state index in [4.69, 9.17) is 4.74 Å². The minimum absolute atomic E-state index is 0.0921. The Morgan fingerprint density at radius 3 is 2.81 bits per heavy atom.